The highest BCUT2D eigenvalue weighted by Crippen LogP contribution is 2.45. The third-order valence-electron chi connectivity index (χ3n) is 0.163. The highest BCUT2D eigenvalue weighted by atomic mass is 80.0. The molecule has 50 valence electrons. The van der Waals surface area contributed by atoms with Crippen LogP contribution >= 0.6 is 58.6 Å². The van der Waals surface area contributed by atoms with Crippen LogP contribution in [0.3, 0.4) is 0 Å². The van der Waals surface area contributed by atoms with Crippen molar-refractivity contribution in [3.05, 3.63) is 0 Å². The fourth-order valence-electron chi connectivity index (χ4n) is 0.0772. The van der Waals surface area contributed by atoms with E-state index < -0.39 is 11.6 Å². The van der Waals surface area contributed by atoms with Crippen molar-refractivity contribution < 1.29 is 8.76 Å². The summed E-state index contributed by atoms with van der Waals surface area (Å²) in [5.41, 5.74) is 0. The summed E-state index contributed by atoms with van der Waals surface area (Å²) in [5.74, 6) is 0. The molecule has 0 amide bonds. The second kappa shape index (κ2) is 3.92. The number of rotatable bonds is 1. The van der Waals surface area contributed by atoms with E-state index >= 15 is 0 Å². The van der Waals surface area contributed by atoms with Crippen LogP contribution in [0.1, 0.15) is 0 Å². The molecule has 0 aliphatic rings. The predicted molar refractivity (Wildman–Crippen MR) is 46.0 cm³/mol. The van der Waals surface area contributed by atoms with Gasteiger partial charge < -0.3 is 4.55 Å². The SMILES string of the molecule is O=S([O-])SC(Br)(Br)Br. The summed E-state index contributed by atoms with van der Waals surface area (Å²) in [6, 6.07) is 0. The fraction of sp³-hybridized carbons (Fsp3) is 1.00. The Morgan fingerprint density at radius 2 is 1.88 bits per heavy atom. The molecule has 0 aromatic rings. The predicted octanol–water partition coefficient (Wildman–Crippen LogP) is 2.31. The molecule has 1 atom stereocenters. The van der Waals surface area contributed by atoms with E-state index in [4.69, 9.17) is 0 Å². The third-order valence-corrected chi connectivity index (χ3v) is 5.03. The van der Waals surface area contributed by atoms with Crippen LogP contribution in [0.2, 0.25) is 0 Å². The standard InChI is InChI=1S/CHBr3O2S2/c2-1(3,4)7-8(5)6/h(H,5,6)/p-1. The number of hydrogen-bond acceptors (Lipinski definition) is 3. The molecule has 0 saturated carbocycles. The van der Waals surface area contributed by atoms with Gasteiger partial charge in [-0.25, -0.2) is 0 Å². The molecule has 0 fully saturated rings. The second-order valence-corrected chi connectivity index (χ2v) is 11.6. The van der Waals surface area contributed by atoms with Crippen LogP contribution in [0, 0.1) is 0 Å². The number of hydrogen-bond donors (Lipinski definition) is 0. The Balaban J connectivity index is 3.55. The zero-order valence-electron chi connectivity index (χ0n) is 3.27. The van der Waals surface area contributed by atoms with Crippen molar-refractivity contribution >= 4 is 68.7 Å². The van der Waals surface area contributed by atoms with E-state index in [9.17, 15) is 8.76 Å². The molecule has 0 N–H and O–H groups in total. The summed E-state index contributed by atoms with van der Waals surface area (Å²) in [7, 11) is -1.43. The zero-order chi connectivity index (χ0) is 6.78. The van der Waals surface area contributed by atoms with Gasteiger partial charge >= 0.3 is 0 Å². The summed E-state index contributed by atoms with van der Waals surface area (Å²) in [5, 5.41) is 0. The van der Waals surface area contributed by atoms with Gasteiger partial charge in [0, 0.05) is 10.1 Å². The summed E-state index contributed by atoms with van der Waals surface area (Å²) in [6.45, 7) is 0. The van der Waals surface area contributed by atoms with Crippen molar-refractivity contribution in [2.45, 2.75) is 1.47 Å². The molecule has 0 saturated heterocycles. The van der Waals surface area contributed by atoms with Crippen LogP contribution in [-0.2, 0) is 10.1 Å². The number of halogens is 3. The Morgan fingerprint density at radius 1 is 1.50 bits per heavy atom. The normalized spacial score (nSPS) is 16.0. The molecule has 7 heteroatoms. The summed E-state index contributed by atoms with van der Waals surface area (Å²) in [4.78, 5) is 0. The molecule has 0 bridgehead atoms. The van der Waals surface area contributed by atoms with Crippen LogP contribution in [0.25, 0.3) is 0 Å². The quantitative estimate of drug-likeness (QED) is 0.415. The molecular weight excluding hydrogens is 348 g/mol. The molecular formula is CBr3O2S2-. The maximum atomic E-state index is 9.89. The molecule has 0 aliphatic carbocycles. The van der Waals surface area contributed by atoms with E-state index in [1.54, 1.807) is 0 Å². The van der Waals surface area contributed by atoms with E-state index in [0.717, 1.165) is 0 Å². The Morgan fingerprint density at radius 3 is 1.88 bits per heavy atom. The van der Waals surface area contributed by atoms with Crippen LogP contribution in [0.15, 0.2) is 0 Å². The van der Waals surface area contributed by atoms with Gasteiger partial charge in [0.1, 0.15) is 0 Å². The van der Waals surface area contributed by atoms with Gasteiger partial charge in [-0.1, -0.05) is 0 Å². The lowest BCUT2D eigenvalue weighted by molar-refractivity contribution is 0.553. The first-order valence-corrected chi connectivity index (χ1v) is 6.06. The molecule has 0 radical (unpaired) electrons. The van der Waals surface area contributed by atoms with E-state index in [1.165, 1.54) is 0 Å². The first kappa shape index (κ1) is 9.90. The zero-order valence-corrected chi connectivity index (χ0v) is 9.66. The van der Waals surface area contributed by atoms with Crippen LogP contribution in [-0.4, -0.2) is 10.2 Å². The minimum Gasteiger partial charge on any atom is -0.763 e. The monoisotopic (exact) mass is 345 g/mol. The minimum absolute atomic E-state index is 0.678. The van der Waals surface area contributed by atoms with Gasteiger partial charge in [0.15, 0.2) is 1.47 Å². The Bertz CT molecular complexity index is 97.9. The van der Waals surface area contributed by atoms with Gasteiger partial charge in [-0.2, -0.15) is 0 Å². The minimum atomic E-state index is -2.11. The Kier molecular flexibility index (Phi) is 4.85. The smallest absolute Gasteiger partial charge is 0.191 e. The summed E-state index contributed by atoms with van der Waals surface area (Å²) in [6.07, 6.45) is 0. The van der Waals surface area contributed by atoms with E-state index in [0.29, 0.717) is 10.8 Å². The Labute approximate surface area is 78.2 Å². The lowest BCUT2D eigenvalue weighted by atomic mass is 11.9. The van der Waals surface area contributed by atoms with Crippen molar-refractivity contribution in [1.29, 1.82) is 0 Å². The van der Waals surface area contributed by atoms with Gasteiger partial charge in [0.2, 0.25) is 0 Å². The largest absolute Gasteiger partial charge is 0.763 e. The van der Waals surface area contributed by atoms with Crippen LogP contribution in [0.4, 0.5) is 0 Å². The lowest BCUT2D eigenvalue weighted by Gasteiger charge is -2.11. The average Bonchev–Trinajstić information content (AvgIpc) is 1.21. The molecule has 0 aliphatic heterocycles. The molecule has 0 aromatic heterocycles. The van der Waals surface area contributed by atoms with E-state index in [2.05, 4.69) is 47.8 Å². The summed E-state index contributed by atoms with van der Waals surface area (Å²) < 4.78 is 19.0. The maximum Gasteiger partial charge on any atom is 0.191 e. The average molecular weight is 348 g/mol. The van der Waals surface area contributed by atoms with Gasteiger partial charge in [0.25, 0.3) is 0 Å². The van der Waals surface area contributed by atoms with E-state index in [1.807, 2.05) is 0 Å². The number of alkyl halides is 3. The van der Waals surface area contributed by atoms with Gasteiger partial charge in [-0.05, 0) is 58.6 Å². The van der Waals surface area contributed by atoms with Crippen LogP contribution in [0.5, 0.6) is 0 Å². The highest BCUT2D eigenvalue weighted by molar-refractivity contribution is 9.44. The van der Waals surface area contributed by atoms with Crippen molar-refractivity contribution in [2.24, 2.45) is 0 Å². The van der Waals surface area contributed by atoms with Gasteiger partial charge in [-0.3, -0.25) is 4.21 Å². The van der Waals surface area contributed by atoms with Gasteiger partial charge in [-0.15, -0.1) is 0 Å². The van der Waals surface area contributed by atoms with Gasteiger partial charge in [0.05, 0.1) is 0 Å². The Hall–Kier alpha value is 1.90. The first-order chi connectivity index (χ1) is 3.42. The molecule has 0 aromatic carbocycles. The molecule has 0 spiro atoms. The van der Waals surface area contributed by atoms with Crippen molar-refractivity contribution in [3.8, 4) is 0 Å². The van der Waals surface area contributed by atoms with Crippen molar-refractivity contribution in [3.63, 3.8) is 0 Å². The highest BCUT2D eigenvalue weighted by Gasteiger charge is 2.18. The van der Waals surface area contributed by atoms with E-state index in [-0.39, 0.29) is 0 Å². The third kappa shape index (κ3) is 7.90. The molecule has 2 nitrogen and oxygen atoms in total. The fourth-order valence-corrected chi connectivity index (χ4v) is 3.61. The van der Waals surface area contributed by atoms with Crippen molar-refractivity contribution in [2.75, 3.05) is 0 Å². The summed E-state index contributed by atoms with van der Waals surface area (Å²) >= 11 is 8.95. The molecule has 0 rings (SSSR count). The second-order valence-electron chi connectivity index (χ2n) is 0.733. The molecule has 8 heavy (non-hydrogen) atoms. The van der Waals surface area contributed by atoms with Crippen molar-refractivity contribution in [1.82, 2.24) is 0 Å². The first-order valence-electron chi connectivity index (χ1n) is 1.27. The topological polar surface area (TPSA) is 40.1 Å². The maximum absolute atomic E-state index is 9.89. The van der Waals surface area contributed by atoms with Crippen LogP contribution < -0.4 is 0 Å². The molecule has 1 unspecified atom stereocenters. The lowest BCUT2D eigenvalue weighted by Crippen LogP contribution is -1.93. The molecule has 0 heterocycles.